The van der Waals surface area contributed by atoms with Crippen LogP contribution in [-0.4, -0.2) is 5.11 Å². The number of halogens is 3. The van der Waals surface area contributed by atoms with Crippen molar-refractivity contribution in [3.8, 4) is 5.75 Å². The van der Waals surface area contributed by atoms with Crippen LogP contribution in [0.4, 0.5) is 8.78 Å². The third-order valence-corrected chi connectivity index (χ3v) is 2.91. The fraction of sp³-hybridized carbons (Fsp3) is 0.250. The molecule has 0 aliphatic heterocycles. The Bertz CT molecular complexity index is 276. The van der Waals surface area contributed by atoms with Crippen LogP contribution in [0.3, 0.4) is 0 Å². The van der Waals surface area contributed by atoms with Gasteiger partial charge in [-0.15, -0.1) is 0 Å². The van der Waals surface area contributed by atoms with Crippen LogP contribution < -0.4 is 0 Å². The number of aryl methyl sites for hydroxylation is 1. The molecule has 0 heterocycles. The quantitative estimate of drug-likeness (QED) is 0.785. The predicted octanol–water partition coefficient (Wildman–Crippen LogP) is 3.24. The van der Waals surface area contributed by atoms with E-state index in [9.17, 15) is 13.9 Å². The van der Waals surface area contributed by atoms with Gasteiger partial charge in [0.25, 0.3) is 6.43 Å². The fourth-order valence-corrected chi connectivity index (χ4v) is 1.22. The number of hydrogen-bond donors (Lipinski definition) is 1. The summed E-state index contributed by atoms with van der Waals surface area (Å²) < 4.78 is 24.9. The van der Waals surface area contributed by atoms with E-state index in [0.29, 0.717) is 9.13 Å². The third kappa shape index (κ3) is 1.85. The average molecular weight is 284 g/mol. The Hall–Kier alpha value is -0.390. The lowest BCUT2D eigenvalue weighted by Gasteiger charge is -2.05. The van der Waals surface area contributed by atoms with E-state index in [1.165, 1.54) is 6.07 Å². The first-order chi connectivity index (χ1) is 5.52. The molecule has 0 spiro atoms. The minimum Gasteiger partial charge on any atom is -0.507 e. The molecule has 1 aromatic rings. The summed E-state index contributed by atoms with van der Waals surface area (Å²) >= 11 is 1.91. The van der Waals surface area contributed by atoms with Crippen molar-refractivity contribution in [2.75, 3.05) is 0 Å². The molecule has 4 heteroatoms. The van der Waals surface area contributed by atoms with Crippen molar-refractivity contribution in [2.24, 2.45) is 0 Å². The Morgan fingerprint density at radius 3 is 2.42 bits per heavy atom. The van der Waals surface area contributed by atoms with Crippen LogP contribution in [0.15, 0.2) is 12.1 Å². The fourth-order valence-electron chi connectivity index (χ4n) is 0.904. The zero-order valence-corrected chi connectivity index (χ0v) is 8.47. The van der Waals surface area contributed by atoms with Gasteiger partial charge in [-0.05, 0) is 47.2 Å². The molecule has 1 aromatic carbocycles. The van der Waals surface area contributed by atoms with Crippen molar-refractivity contribution in [1.29, 1.82) is 0 Å². The second-order valence-electron chi connectivity index (χ2n) is 2.47. The zero-order chi connectivity index (χ0) is 9.30. The minimum absolute atomic E-state index is 0.0779. The summed E-state index contributed by atoms with van der Waals surface area (Å²) in [5.74, 6) is -0.0779. The van der Waals surface area contributed by atoms with Crippen LogP contribution in [-0.2, 0) is 0 Å². The van der Waals surface area contributed by atoms with E-state index < -0.39 is 6.43 Å². The lowest BCUT2D eigenvalue weighted by Crippen LogP contribution is -1.88. The average Bonchev–Trinajstić information content (AvgIpc) is 1.99. The van der Waals surface area contributed by atoms with Crippen LogP contribution in [0.25, 0.3) is 0 Å². The van der Waals surface area contributed by atoms with Crippen molar-refractivity contribution >= 4 is 22.6 Å². The maximum atomic E-state index is 12.1. The largest absolute Gasteiger partial charge is 0.507 e. The van der Waals surface area contributed by atoms with E-state index in [1.54, 1.807) is 6.92 Å². The van der Waals surface area contributed by atoms with Gasteiger partial charge in [0.2, 0.25) is 0 Å². The van der Waals surface area contributed by atoms with Gasteiger partial charge in [-0.3, -0.25) is 0 Å². The normalized spacial score (nSPS) is 10.8. The Labute approximate surface area is 82.5 Å². The Morgan fingerprint density at radius 1 is 1.42 bits per heavy atom. The lowest BCUT2D eigenvalue weighted by molar-refractivity contribution is 0.151. The maximum Gasteiger partial charge on any atom is 0.263 e. The molecule has 66 valence electrons. The molecule has 0 fully saturated rings. The molecule has 12 heavy (non-hydrogen) atoms. The highest BCUT2D eigenvalue weighted by Gasteiger charge is 2.11. The SMILES string of the molecule is Cc1cc(C(F)F)cc(O)c1I. The van der Waals surface area contributed by atoms with Crippen molar-refractivity contribution in [2.45, 2.75) is 13.3 Å². The van der Waals surface area contributed by atoms with Crippen molar-refractivity contribution in [3.63, 3.8) is 0 Å². The number of phenolic OH excluding ortho intramolecular Hbond substituents is 1. The van der Waals surface area contributed by atoms with Gasteiger partial charge in [0.1, 0.15) is 5.75 Å². The van der Waals surface area contributed by atoms with Gasteiger partial charge in [0.05, 0.1) is 3.57 Å². The highest BCUT2D eigenvalue weighted by atomic mass is 127. The maximum absolute atomic E-state index is 12.1. The Kier molecular flexibility index (Phi) is 2.87. The number of rotatable bonds is 1. The molecule has 0 aliphatic rings. The molecule has 1 N–H and O–H groups in total. The van der Waals surface area contributed by atoms with E-state index in [0.717, 1.165) is 6.07 Å². The van der Waals surface area contributed by atoms with E-state index in [-0.39, 0.29) is 11.3 Å². The number of benzene rings is 1. The Morgan fingerprint density at radius 2 is 2.00 bits per heavy atom. The summed E-state index contributed by atoms with van der Waals surface area (Å²) in [4.78, 5) is 0. The van der Waals surface area contributed by atoms with Crippen LogP contribution in [0, 0.1) is 10.5 Å². The smallest absolute Gasteiger partial charge is 0.263 e. The van der Waals surface area contributed by atoms with E-state index >= 15 is 0 Å². The first-order valence-corrected chi connectivity index (χ1v) is 4.37. The molecule has 0 radical (unpaired) electrons. The lowest BCUT2D eigenvalue weighted by atomic mass is 10.1. The summed E-state index contributed by atoms with van der Waals surface area (Å²) in [7, 11) is 0. The van der Waals surface area contributed by atoms with Gasteiger partial charge in [0, 0.05) is 5.56 Å². The monoisotopic (exact) mass is 284 g/mol. The molecule has 0 aliphatic carbocycles. The Balaban J connectivity index is 3.21. The molecule has 0 amide bonds. The summed E-state index contributed by atoms with van der Waals surface area (Å²) in [5, 5.41) is 9.19. The van der Waals surface area contributed by atoms with E-state index in [1.807, 2.05) is 22.6 Å². The van der Waals surface area contributed by atoms with Gasteiger partial charge in [0.15, 0.2) is 0 Å². The molecule has 1 rings (SSSR count). The molecule has 0 saturated carbocycles. The molecule has 0 saturated heterocycles. The van der Waals surface area contributed by atoms with Gasteiger partial charge in [-0.25, -0.2) is 8.78 Å². The summed E-state index contributed by atoms with van der Waals surface area (Å²) in [6, 6.07) is 2.48. The number of aromatic hydroxyl groups is 1. The molecule has 1 nitrogen and oxygen atoms in total. The molecule has 0 atom stereocenters. The first kappa shape index (κ1) is 9.70. The summed E-state index contributed by atoms with van der Waals surface area (Å²) in [6.07, 6.45) is -2.52. The predicted molar refractivity (Wildman–Crippen MR) is 50.5 cm³/mol. The third-order valence-electron chi connectivity index (χ3n) is 1.51. The molecule has 0 aromatic heterocycles. The van der Waals surface area contributed by atoms with Crippen molar-refractivity contribution in [1.82, 2.24) is 0 Å². The number of alkyl halides is 2. The highest BCUT2D eigenvalue weighted by molar-refractivity contribution is 14.1. The van der Waals surface area contributed by atoms with Crippen LogP contribution in [0.1, 0.15) is 17.6 Å². The zero-order valence-electron chi connectivity index (χ0n) is 6.31. The van der Waals surface area contributed by atoms with Gasteiger partial charge in [-0.2, -0.15) is 0 Å². The van der Waals surface area contributed by atoms with Crippen LogP contribution >= 0.6 is 22.6 Å². The first-order valence-electron chi connectivity index (χ1n) is 3.29. The second kappa shape index (κ2) is 3.55. The molecular weight excluding hydrogens is 277 g/mol. The summed E-state index contributed by atoms with van der Waals surface area (Å²) in [6.45, 7) is 1.69. The van der Waals surface area contributed by atoms with Gasteiger partial charge >= 0.3 is 0 Å². The van der Waals surface area contributed by atoms with Crippen LogP contribution in [0.5, 0.6) is 5.75 Å². The van der Waals surface area contributed by atoms with Crippen molar-refractivity contribution < 1.29 is 13.9 Å². The topological polar surface area (TPSA) is 20.2 Å². The van der Waals surface area contributed by atoms with Gasteiger partial charge < -0.3 is 5.11 Å². The summed E-state index contributed by atoms with van der Waals surface area (Å²) in [5.41, 5.74) is 0.538. The highest BCUT2D eigenvalue weighted by Crippen LogP contribution is 2.29. The van der Waals surface area contributed by atoms with E-state index in [2.05, 4.69) is 0 Å². The molecular formula is C8H7F2IO. The van der Waals surface area contributed by atoms with E-state index in [4.69, 9.17) is 0 Å². The molecule has 0 bridgehead atoms. The van der Waals surface area contributed by atoms with Crippen LogP contribution in [0.2, 0.25) is 0 Å². The molecule has 0 unspecified atom stereocenters. The number of phenols is 1. The van der Waals surface area contributed by atoms with Crippen molar-refractivity contribution in [3.05, 3.63) is 26.8 Å². The second-order valence-corrected chi connectivity index (χ2v) is 3.55. The minimum atomic E-state index is -2.52. The number of hydrogen-bond acceptors (Lipinski definition) is 1. The standard InChI is InChI=1S/C8H7F2IO/c1-4-2-5(8(9)10)3-6(12)7(4)11/h2-3,8,12H,1H3. The van der Waals surface area contributed by atoms with Gasteiger partial charge in [-0.1, -0.05) is 0 Å².